The number of benzene rings is 1. The van der Waals surface area contributed by atoms with Crippen LogP contribution in [0.3, 0.4) is 0 Å². The maximum Gasteiger partial charge on any atom is 0.285 e. The van der Waals surface area contributed by atoms with Crippen LogP contribution in [0.2, 0.25) is 0 Å². The van der Waals surface area contributed by atoms with Crippen LogP contribution >= 0.6 is 11.3 Å². The van der Waals surface area contributed by atoms with E-state index in [2.05, 4.69) is 32.1 Å². The van der Waals surface area contributed by atoms with E-state index < -0.39 is 10.0 Å². The monoisotopic (exact) mass is 472 g/mol. The second kappa shape index (κ2) is 8.96. The van der Waals surface area contributed by atoms with Crippen molar-refractivity contribution < 1.29 is 13.2 Å². The molecule has 32 heavy (non-hydrogen) atoms. The van der Waals surface area contributed by atoms with Crippen molar-refractivity contribution in [1.29, 1.82) is 0 Å². The van der Waals surface area contributed by atoms with Gasteiger partial charge in [0.2, 0.25) is 5.91 Å². The molecule has 5 rings (SSSR count). The van der Waals surface area contributed by atoms with Gasteiger partial charge in [0.05, 0.1) is 6.04 Å². The van der Waals surface area contributed by atoms with Gasteiger partial charge in [-0.3, -0.25) is 9.69 Å². The number of sulfonamides is 1. The number of hydrogen-bond donors (Lipinski definition) is 1. The van der Waals surface area contributed by atoms with Crippen LogP contribution in [0, 0.1) is 5.92 Å². The highest BCUT2D eigenvalue weighted by Crippen LogP contribution is 2.30. The van der Waals surface area contributed by atoms with Gasteiger partial charge < -0.3 is 10.2 Å². The number of likely N-dealkylation sites (tertiary alicyclic amines) is 2. The maximum atomic E-state index is 12.9. The first-order valence-corrected chi connectivity index (χ1v) is 13.6. The summed E-state index contributed by atoms with van der Waals surface area (Å²) < 4.78 is 28.7. The van der Waals surface area contributed by atoms with E-state index in [1.54, 1.807) is 29.5 Å². The summed E-state index contributed by atoms with van der Waals surface area (Å²) in [7, 11) is -3.62. The second-order valence-electron chi connectivity index (χ2n) is 8.67. The van der Waals surface area contributed by atoms with Crippen LogP contribution in [-0.4, -0.2) is 62.7 Å². The highest BCUT2D eigenvalue weighted by molar-refractivity contribution is 7.90. The van der Waals surface area contributed by atoms with E-state index in [0.717, 1.165) is 13.1 Å². The van der Waals surface area contributed by atoms with Crippen LogP contribution in [0.15, 0.2) is 51.1 Å². The second-order valence-corrected chi connectivity index (χ2v) is 11.2. The number of hydrogen-bond acceptors (Lipinski definition) is 6. The van der Waals surface area contributed by atoms with E-state index in [1.807, 2.05) is 11.0 Å². The number of thiophene rings is 1. The zero-order valence-electron chi connectivity index (χ0n) is 17.9. The lowest BCUT2D eigenvalue weighted by molar-refractivity contribution is -0.126. The molecule has 2 aromatic rings. The van der Waals surface area contributed by atoms with Crippen LogP contribution in [0.1, 0.15) is 42.2 Å². The summed E-state index contributed by atoms with van der Waals surface area (Å²) in [5.74, 6) is 0.570. The zero-order chi connectivity index (χ0) is 22.1. The zero-order valence-corrected chi connectivity index (χ0v) is 19.6. The first-order chi connectivity index (χ1) is 15.5. The van der Waals surface area contributed by atoms with Crippen LogP contribution in [0.5, 0.6) is 0 Å². The number of nitrogens with one attached hydrogen (secondary N) is 1. The molecule has 0 aliphatic carbocycles. The van der Waals surface area contributed by atoms with Crippen molar-refractivity contribution in [3.63, 3.8) is 0 Å². The normalized spacial score (nSPS) is 21.9. The Labute approximate surface area is 193 Å². The molecule has 0 radical (unpaired) electrons. The molecule has 170 valence electrons. The number of amides is 1. The minimum Gasteiger partial charge on any atom is -0.355 e. The Morgan fingerprint density at radius 3 is 2.56 bits per heavy atom. The third kappa shape index (κ3) is 4.21. The number of nitrogens with zero attached hydrogens (tertiary/aromatic N) is 3. The van der Waals surface area contributed by atoms with Gasteiger partial charge in [-0.1, -0.05) is 18.2 Å². The van der Waals surface area contributed by atoms with Gasteiger partial charge >= 0.3 is 0 Å². The van der Waals surface area contributed by atoms with Crippen molar-refractivity contribution in [3.8, 4) is 0 Å². The minimum atomic E-state index is -3.62. The lowest BCUT2D eigenvalue weighted by Crippen LogP contribution is -2.44. The number of amidine groups is 1. The summed E-state index contributed by atoms with van der Waals surface area (Å²) in [6.07, 6.45) is 3.83. The molecule has 1 N–H and O–H groups in total. The van der Waals surface area contributed by atoms with Crippen LogP contribution in [-0.2, 0) is 14.8 Å². The average molecular weight is 473 g/mol. The van der Waals surface area contributed by atoms with Gasteiger partial charge in [-0.2, -0.15) is 8.42 Å². The van der Waals surface area contributed by atoms with Crippen molar-refractivity contribution in [2.24, 2.45) is 10.3 Å². The van der Waals surface area contributed by atoms with Crippen molar-refractivity contribution in [3.05, 3.63) is 52.2 Å². The Morgan fingerprint density at radius 1 is 1.09 bits per heavy atom. The van der Waals surface area contributed by atoms with Crippen molar-refractivity contribution in [2.45, 2.75) is 36.6 Å². The molecule has 0 saturated carbocycles. The quantitative estimate of drug-likeness (QED) is 0.724. The Bertz CT molecular complexity index is 1100. The molecule has 3 aliphatic heterocycles. The van der Waals surface area contributed by atoms with Gasteiger partial charge in [0, 0.05) is 36.0 Å². The Morgan fingerprint density at radius 2 is 1.84 bits per heavy atom. The van der Waals surface area contributed by atoms with Crippen molar-refractivity contribution in [1.82, 2.24) is 15.1 Å². The Kier molecular flexibility index (Phi) is 6.05. The highest BCUT2D eigenvalue weighted by Gasteiger charge is 2.34. The van der Waals surface area contributed by atoms with E-state index in [1.165, 1.54) is 17.7 Å². The highest BCUT2D eigenvalue weighted by atomic mass is 32.2. The Balaban J connectivity index is 1.19. The predicted octanol–water partition coefficient (Wildman–Crippen LogP) is 2.86. The predicted molar refractivity (Wildman–Crippen MR) is 125 cm³/mol. The molecule has 1 amide bonds. The van der Waals surface area contributed by atoms with E-state index in [4.69, 9.17) is 0 Å². The molecule has 2 saturated heterocycles. The van der Waals surface area contributed by atoms with Gasteiger partial charge in [-0.25, -0.2) is 0 Å². The number of carbonyl (C=O) groups excluding carboxylic acids is 1. The minimum absolute atomic E-state index is 0.0531. The van der Waals surface area contributed by atoms with E-state index in [0.29, 0.717) is 43.9 Å². The van der Waals surface area contributed by atoms with E-state index in [-0.39, 0.29) is 22.8 Å². The summed E-state index contributed by atoms with van der Waals surface area (Å²) in [5, 5.41) is 5.31. The molecule has 7 nitrogen and oxygen atoms in total. The van der Waals surface area contributed by atoms with Gasteiger partial charge in [-0.15, -0.1) is 15.7 Å². The summed E-state index contributed by atoms with van der Waals surface area (Å²) in [6, 6.07) is 11.4. The SMILES string of the molecule is O=C(NC[C@@H](c1cccs1)N1CCCC1)C1CCN(C2=NS(=O)(=O)c3ccccc32)CC1. The lowest BCUT2D eigenvalue weighted by atomic mass is 9.95. The topological polar surface area (TPSA) is 82.1 Å². The van der Waals surface area contributed by atoms with Gasteiger partial charge in [0.1, 0.15) is 4.90 Å². The van der Waals surface area contributed by atoms with Crippen molar-refractivity contribution >= 4 is 33.1 Å². The molecule has 1 aromatic heterocycles. The van der Waals surface area contributed by atoms with Crippen LogP contribution in [0.4, 0.5) is 0 Å². The third-order valence-corrected chi connectivity index (χ3v) is 9.00. The molecule has 4 heterocycles. The molecular weight excluding hydrogens is 444 g/mol. The van der Waals surface area contributed by atoms with E-state index in [9.17, 15) is 13.2 Å². The molecule has 3 aliphatic rings. The summed E-state index contributed by atoms with van der Waals surface area (Å²) in [5.41, 5.74) is 0.666. The molecule has 9 heteroatoms. The lowest BCUT2D eigenvalue weighted by Gasteiger charge is -2.33. The van der Waals surface area contributed by atoms with Crippen LogP contribution in [0.25, 0.3) is 0 Å². The summed E-state index contributed by atoms with van der Waals surface area (Å²) in [4.78, 5) is 19.0. The van der Waals surface area contributed by atoms with Gasteiger partial charge in [0.25, 0.3) is 10.0 Å². The van der Waals surface area contributed by atoms with Gasteiger partial charge in [-0.05, 0) is 62.4 Å². The summed E-state index contributed by atoms with van der Waals surface area (Å²) >= 11 is 1.75. The molecule has 0 unspecified atom stereocenters. The number of carbonyl (C=O) groups is 1. The molecular formula is C23H28N4O3S2. The summed E-state index contributed by atoms with van der Waals surface area (Å²) in [6.45, 7) is 4.06. The molecule has 2 fully saturated rings. The molecule has 0 spiro atoms. The fraction of sp³-hybridized carbons (Fsp3) is 0.478. The van der Waals surface area contributed by atoms with Gasteiger partial charge in [0.15, 0.2) is 5.84 Å². The maximum absolute atomic E-state index is 12.9. The van der Waals surface area contributed by atoms with Crippen molar-refractivity contribution in [2.75, 3.05) is 32.7 Å². The molecule has 1 aromatic carbocycles. The smallest absolute Gasteiger partial charge is 0.285 e. The first-order valence-electron chi connectivity index (χ1n) is 11.3. The first kappa shape index (κ1) is 21.6. The third-order valence-electron chi connectivity index (χ3n) is 6.70. The molecule has 0 bridgehead atoms. The molecule has 1 atom stereocenters. The fourth-order valence-electron chi connectivity index (χ4n) is 4.96. The number of rotatable bonds is 5. The standard InChI is InChI=1S/C23H28N4O3S2/c28-23(24-16-19(20-7-5-15-31-20)26-11-3-4-12-26)17-9-13-27(14-10-17)22-18-6-1-2-8-21(18)32(29,30)25-22/h1-2,5-8,15,17,19H,3-4,9-14,16H2,(H,24,28)/t19-/m0/s1. The Hall–Kier alpha value is -2.23. The largest absolute Gasteiger partial charge is 0.355 e. The van der Waals surface area contributed by atoms with Crippen LogP contribution < -0.4 is 5.32 Å². The average Bonchev–Trinajstić information content (AvgIpc) is 3.56. The fourth-order valence-corrected chi connectivity index (χ4v) is 7.04. The number of fused-ring (bicyclic) bond motifs is 1. The van der Waals surface area contributed by atoms with E-state index >= 15 is 0 Å². The number of piperidine rings is 1.